The first kappa shape index (κ1) is 16.7. The first-order valence-electron chi connectivity index (χ1n) is 7.66. The number of amides is 1. The van der Waals surface area contributed by atoms with Gasteiger partial charge in [-0.05, 0) is 34.5 Å². The van der Waals surface area contributed by atoms with E-state index in [1.165, 1.54) is 29.2 Å². The van der Waals surface area contributed by atoms with Gasteiger partial charge < -0.3 is 10.4 Å². The molecule has 1 atom stereocenters. The summed E-state index contributed by atoms with van der Waals surface area (Å²) in [6.45, 7) is -0.220. The molecule has 3 aromatic rings. The maximum atomic E-state index is 13.6. The number of nitrogens with zero attached hydrogens (tertiary/aromatic N) is 4. The fourth-order valence-corrected chi connectivity index (χ4v) is 2.48. The van der Waals surface area contributed by atoms with Crippen LogP contribution in [0.2, 0.25) is 0 Å². The smallest absolute Gasteiger partial charge is 0.253 e. The molecule has 0 aliphatic rings. The zero-order valence-electron chi connectivity index (χ0n) is 13.2. The van der Waals surface area contributed by atoms with Crippen LogP contribution in [0.4, 0.5) is 4.39 Å². The minimum atomic E-state index is -0.509. The molecule has 2 N–H and O–H groups in total. The molecule has 1 aromatic heterocycles. The van der Waals surface area contributed by atoms with Crippen molar-refractivity contribution in [3.05, 3.63) is 71.8 Å². The minimum absolute atomic E-state index is 0.209. The number of hydrogen-bond acceptors (Lipinski definition) is 5. The van der Waals surface area contributed by atoms with Gasteiger partial charge in [0.15, 0.2) is 0 Å². The molecule has 0 radical (unpaired) electrons. The Morgan fingerprint density at radius 1 is 1.24 bits per heavy atom. The van der Waals surface area contributed by atoms with E-state index < -0.39 is 17.8 Å². The van der Waals surface area contributed by atoms with Crippen LogP contribution in [0, 0.1) is 5.82 Å². The van der Waals surface area contributed by atoms with Crippen molar-refractivity contribution in [2.24, 2.45) is 0 Å². The Balaban J connectivity index is 1.81. The number of rotatable bonds is 6. The predicted octanol–water partition coefficient (Wildman–Crippen LogP) is 1.13. The van der Waals surface area contributed by atoms with Crippen LogP contribution in [0.3, 0.4) is 0 Å². The molecule has 0 unspecified atom stereocenters. The maximum Gasteiger partial charge on any atom is 0.253 e. The second-order valence-corrected chi connectivity index (χ2v) is 5.46. The first-order chi connectivity index (χ1) is 12.2. The molecule has 25 heavy (non-hydrogen) atoms. The fourth-order valence-electron chi connectivity index (χ4n) is 2.48. The molecule has 0 aliphatic heterocycles. The van der Waals surface area contributed by atoms with Crippen LogP contribution in [0.1, 0.15) is 15.9 Å². The lowest BCUT2D eigenvalue weighted by molar-refractivity contribution is 0.0916. The van der Waals surface area contributed by atoms with Crippen molar-refractivity contribution in [1.29, 1.82) is 0 Å². The average molecular weight is 341 g/mol. The summed E-state index contributed by atoms with van der Waals surface area (Å²) in [7, 11) is 0. The van der Waals surface area contributed by atoms with Gasteiger partial charge in [-0.15, -0.1) is 5.10 Å². The Morgan fingerprint density at radius 2 is 2.04 bits per heavy atom. The van der Waals surface area contributed by atoms with E-state index >= 15 is 0 Å². The van der Waals surface area contributed by atoms with Gasteiger partial charge in [0.2, 0.25) is 0 Å². The summed E-state index contributed by atoms with van der Waals surface area (Å²) in [6.07, 6.45) is 1.75. The molecule has 7 nitrogen and oxygen atoms in total. The molecule has 0 saturated carbocycles. The van der Waals surface area contributed by atoms with Gasteiger partial charge in [0.05, 0.1) is 23.9 Å². The van der Waals surface area contributed by atoms with E-state index in [0.717, 1.165) is 5.56 Å². The van der Waals surface area contributed by atoms with Gasteiger partial charge in [0.1, 0.15) is 12.1 Å². The molecule has 0 spiro atoms. The Bertz CT molecular complexity index is 840. The standard InChI is InChI=1S/C17H16FN5O2/c18-13-6-7-15(16(9-13)23-11-19-21-22-23)17(25)20-14(10-24)8-12-4-2-1-3-5-12/h1-7,9,11,14,24H,8,10H2,(H,20,25)/t14-/m0/s1. The molecule has 0 fully saturated rings. The summed E-state index contributed by atoms with van der Waals surface area (Å²) in [5.41, 5.74) is 1.42. The highest BCUT2D eigenvalue weighted by molar-refractivity contribution is 5.97. The monoisotopic (exact) mass is 341 g/mol. The summed E-state index contributed by atoms with van der Waals surface area (Å²) in [5.74, 6) is -0.953. The number of carbonyl (C=O) groups excluding carboxylic acids is 1. The number of aromatic nitrogens is 4. The van der Waals surface area contributed by atoms with Crippen LogP contribution < -0.4 is 5.32 Å². The SMILES string of the molecule is O=C(N[C@H](CO)Cc1ccccc1)c1ccc(F)cc1-n1cnnn1. The number of nitrogens with one attached hydrogen (secondary N) is 1. The molecule has 0 bridgehead atoms. The van der Waals surface area contributed by atoms with Gasteiger partial charge in [0, 0.05) is 6.07 Å². The largest absolute Gasteiger partial charge is 0.394 e. The number of carbonyl (C=O) groups is 1. The van der Waals surface area contributed by atoms with Gasteiger partial charge in [0.25, 0.3) is 5.91 Å². The summed E-state index contributed by atoms with van der Waals surface area (Å²) < 4.78 is 14.8. The van der Waals surface area contributed by atoms with Crippen molar-refractivity contribution in [3.63, 3.8) is 0 Å². The van der Waals surface area contributed by atoms with Crippen molar-refractivity contribution >= 4 is 5.91 Å². The van der Waals surface area contributed by atoms with E-state index in [0.29, 0.717) is 6.42 Å². The van der Waals surface area contributed by atoms with Crippen LogP contribution in [-0.4, -0.2) is 43.9 Å². The summed E-state index contributed by atoms with van der Waals surface area (Å²) >= 11 is 0. The molecule has 1 amide bonds. The van der Waals surface area contributed by atoms with E-state index in [1.807, 2.05) is 30.3 Å². The average Bonchev–Trinajstić information content (AvgIpc) is 3.16. The lowest BCUT2D eigenvalue weighted by Crippen LogP contribution is -2.39. The number of aliphatic hydroxyl groups excluding tert-OH is 1. The summed E-state index contributed by atoms with van der Waals surface area (Å²) in [6, 6.07) is 12.8. The number of hydrogen-bond donors (Lipinski definition) is 2. The van der Waals surface area contributed by atoms with E-state index in [-0.39, 0.29) is 17.9 Å². The van der Waals surface area contributed by atoms with E-state index in [9.17, 15) is 14.3 Å². The second-order valence-electron chi connectivity index (χ2n) is 5.46. The Hall–Kier alpha value is -3.13. The molecule has 1 heterocycles. The number of aliphatic hydroxyl groups is 1. The van der Waals surface area contributed by atoms with Crippen LogP contribution >= 0.6 is 0 Å². The van der Waals surface area contributed by atoms with E-state index in [2.05, 4.69) is 20.8 Å². The summed E-state index contributed by atoms with van der Waals surface area (Å²) in [5, 5.41) is 23.0. The summed E-state index contributed by atoms with van der Waals surface area (Å²) in [4.78, 5) is 12.6. The zero-order valence-corrected chi connectivity index (χ0v) is 13.2. The molecular formula is C17H16FN5O2. The van der Waals surface area contributed by atoms with Crippen LogP contribution in [0.15, 0.2) is 54.9 Å². The first-order valence-corrected chi connectivity index (χ1v) is 7.66. The third kappa shape index (κ3) is 4.04. The topological polar surface area (TPSA) is 92.9 Å². The third-order valence-electron chi connectivity index (χ3n) is 3.68. The zero-order chi connectivity index (χ0) is 17.6. The molecule has 128 valence electrons. The minimum Gasteiger partial charge on any atom is -0.394 e. The van der Waals surface area contributed by atoms with Gasteiger partial charge >= 0.3 is 0 Å². The molecule has 0 aliphatic carbocycles. The van der Waals surface area contributed by atoms with Crippen molar-refractivity contribution < 1.29 is 14.3 Å². The number of halogens is 1. The Labute approximate surface area is 143 Å². The lowest BCUT2D eigenvalue weighted by Gasteiger charge is -2.17. The third-order valence-corrected chi connectivity index (χ3v) is 3.68. The van der Waals surface area contributed by atoms with Crippen molar-refractivity contribution in [3.8, 4) is 5.69 Å². The number of tetrazole rings is 1. The molecule has 0 saturated heterocycles. The molecular weight excluding hydrogens is 325 g/mol. The van der Waals surface area contributed by atoms with Gasteiger partial charge in [-0.1, -0.05) is 30.3 Å². The Morgan fingerprint density at radius 3 is 2.72 bits per heavy atom. The van der Waals surface area contributed by atoms with Crippen molar-refractivity contribution in [2.75, 3.05) is 6.61 Å². The predicted molar refractivity (Wildman–Crippen MR) is 87.6 cm³/mol. The van der Waals surface area contributed by atoms with Crippen LogP contribution in [0.5, 0.6) is 0 Å². The van der Waals surface area contributed by atoms with Crippen molar-refractivity contribution in [2.45, 2.75) is 12.5 Å². The Kier molecular flexibility index (Phi) is 5.10. The van der Waals surface area contributed by atoms with E-state index in [4.69, 9.17) is 0 Å². The normalized spacial score (nSPS) is 11.9. The highest BCUT2D eigenvalue weighted by Crippen LogP contribution is 2.15. The highest BCUT2D eigenvalue weighted by atomic mass is 19.1. The fraction of sp³-hybridized carbons (Fsp3) is 0.176. The van der Waals surface area contributed by atoms with Crippen LogP contribution in [-0.2, 0) is 6.42 Å². The lowest BCUT2D eigenvalue weighted by atomic mass is 10.1. The maximum absolute atomic E-state index is 13.6. The van der Waals surface area contributed by atoms with Crippen molar-refractivity contribution in [1.82, 2.24) is 25.5 Å². The number of benzene rings is 2. The van der Waals surface area contributed by atoms with Gasteiger partial charge in [-0.3, -0.25) is 4.79 Å². The van der Waals surface area contributed by atoms with E-state index in [1.54, 1.807) is 0 Å². The van der Waals surface area contributed by atoms with Gasteiger partial charge in [-0.2, -0.15) is 4.68 Å². The van der Waals surface area contributed by atoms with Crippen LogP contribution in [0.25, 0.3) is 5.69 Å². The highest BCUT2D eigenvalue weighted by Gasteiger charge is 2.18. The quantitative estimate of drug-likeness (QED) is 0.701. The molecule has 2 aromatic carbocycles. The molecule has 8 heteroatoms. The second kappa shape index (κ2) is 7.63. The molecule has 3 rings (SSSR count). The van der Waals surface area contributed by atoms with Gasteiger partial charge in [-0.25, -0.2) is 4.39 Å².